The largest absolute Gasteiger partial charge is 0.334 e. The van der Waals surface area contributed by atoms with Crippen molar-refractivity contribution in [2.24, 2.45) is 5.92 Å². The molecule has 2 aromatic rings. The first-order valence-electron chi connectivity index (χ1n) is 11.5. The van der Waals surface area contributed by atoms with E-state index in [9.17, 15) is 9.59 Å². The van der Waals surface area contributed by atoms with Crippen molar-refractivity contribution in [2.75, 3.05) is 18.0 Å². The zero-order chi connectivity index (χ0) is 23.1. The number of hydrogen-bond donors (Lipinski definition) is 0. The van der Waals surface area contributed by atoms with Gasteiger partial charge in [-0.15, -0.1) is 0 Å². The van der Waals surface area contributed by atoms with Gasteiger partial charge in [0, 0.05) is 47.4 Å². The molecule has 0 spiro atoms. The molecule has 2 amide bonds. The Balaban J connectivity index is 1.96. The number of nitrogens with zero attached hydrogens (tertiary/aromatic N) is 2. The molecule has 0 atom stereocenters. The SMILES string of the molecule is CC(C)CC(=O)N1CCCCCCCN(C(=O)c2cc(Cl)cc(Cl)c2)Cc2ccccc21. The van der Waals surface area contributed by atoms with E-state index in [2.05, 4.69) is 13.8 Å². The van der Waals surface area contributed by atoms with Crippen LogP contribution in [0.15, 0.2) is 42.5 Å². The third-order valence-electron chi connectivity index (χ3n) is 5.73. The molecule has 0 saturated carbocycles. The van der Waals surface area contributed by atoms with Gasteiger partial charge in [0.05, 0.1) is 0 Å². The van der Waals surface area contributed by atoms with Crippen LogP contribution in [0.5, 0.6) is 0 Å². The summed E-state index contributed by atoms with van der Waals surface area (Å²) in [5, 5.41) is 0.891. The molecule has 0 saturated heterocycles. The lowest BCUT2D eigenvalue weighted by atomic mass is 10.0. The highest BCUT2D eigenvalue weighted by Gasteiger charge is 2.23. The van der Waals surface area contributed by atoms with Crippen molar-refractivity contribution in [3.63, 3.8) is 0 Å². The molecule has 1 heterocycles. The van der Waals surface area contributed by atoms with Crippen LogP contribution in [-0.4, -0.2) is 29.8 Å². The van der Waals surface area contributed by atoms with Crippen LogP contribution in [0.25, 0.3) is 0 Å². The van der Waals surface area contributed by atoms with Gasteiger partial charge in [0.2, 0.25) is 5.91 Å². The van der Waals surface area contributed by atoms with Crippen LogP contribution in [0.3, 0.4) is 0 Å². The van der Waals surface area contributed by atoms with Gasteiger partial charge in [0.1, 0.15) is 0 Å². The standard InChI is InChI=1S/C26H32Cl2N2O2/c1-19(2)14-25(31)30-13-9-5-3-4-8-12-29(18-20-10-6-7-11-24(20)30)26(32)21-15-22(27)17-23(28)16-21/h6-7,10-11,15-17,19H,3-5,8-9,12-14,18H2,1-2H3. The number of anilines is 1. The van der Waals surface area contributed by atoms with E-state index in [1.165, 1.54) is 0 Å². The molecule has 0 bridgehead atoms. The van der Waals surface area contributed by atoms with Crippen molar-refractivity contribution in [2.45, 2.75) is 58.9 Å². The minimum atomic E-state index is -0.0960. The molecular formula is C26H32Cl2N2O2. The zero-order valence-electron chi connectivity index (χ0n) is 18.9. The summed E-state index contributed by atoms with van der Waals surface area (Å²) in [4.78, 5) is 30.3. The van der Waals surface area contributed by atoms with Gasteiger partial charge in [0.25, 0.3) is 5.91 Å². The maximum atomic E-state index is 13.4. The van der Waals surface area contributed by atoms with Crippen LogP contribution in [-0.2, 0) is 11.3 Å². The number of benzene rings is 2. The second-order valence-corrected chi connectivity index (χ2v) is 9.80. The quantitative estimate of drug-likeness (QED) is 0.481. The van der Waals surface area contributed by atoms with Crippen molar-refractivity contribution >= 4 is 40.7 Å². The van der Waals surface area contributed by atoms with Gasteiger partial charge in [0.15, 0.2) is 0 Å². The molecule has 4 nitrogen and oxygen atoms in total. The summed E-state index contributed by atoms with van der Waals surface area (Å²) in [6, 6.07) is 12.9. The lowest BCUT2D eigenvalue weighted by molar-refractivity contribution is -0.119. The predicted octanol–water partition coefficient (Wildman–Crippen LogP) is 6.98. The van der Waals surface area contributed by atoms with Crippen LogP contribution in [0.1, 0.15) is 68.3 Å². The third-order valence-corrected chi connectivity index (χ3v) is 6.17. The highest BCUT2D eigenvalue weighted by molar-refractivity contribution is 6.35. The first-order chi connectivity index (χ1) is 15.3. The van der Waals surface area contributed by atoms with Gasteiger partial charge >= 0.3 is 0 Å². The van der Waals surface area contributed by atoms with Gasteiger partial charge < -0.3 is 9.80 Å². The lowest BCUT2D eigenvalue weighted by Crippen LogP contribution is -2.36. The highest BCUT2D eigenvalue weighted by Crippen LogP contribution is 2.27. The van der Waals surface area contributed by atoms with Crippen molar-refractivity contribution in [3.05, 3.63) is 63.6 Å². The van der Waals surface area contributed by atoms with Gasteiger partial charge in [-0.3, -0.25) is 9.59 Å². The van der Waals surface area contributed by atoms with Crippen molar-refractivity contribution in [1.29, 1.82) is 0 Å². The van der Waals surface area contributed by atoms with E-state index in [4.69, 9.17) is 23.2 Å². The maximum Gasteiger partial charge on any atom is 0.254 e. The molecule has 0 unspecified atom stereocenters. The summed E-state index contributed by atoms with van der Waals surface area (Å²) in [6.07, 6.45) is 5.67. The molecule has 0 N–H and O–H groups in total. The summed E-state index contributed by atoms with van der Waals surface area (Å²) in [6.45, 7) is 5.93. The van der Waals surface area contributed by atoms with Crippen molar-refractivity contribution in [1.82, 2.24) is 4.90 Å². The van der Waals surface area contributed by atoms with Crippen molar-refractivity contribution < 1.29 is 9.59 Å². The van der Waals surface area contributed by atoms with Gasteiger partial charge in [-0.05, 0) is 48.6 Å². The Morgan fingerprint density at radius 1 is 0.906 bits per heavy atom. The van der Waals surface area contributed by atoms with Crippen LogP contribution >= 0.6 is 23.2 Å². The number of rotatable bonds is 3. The summed E-state index contributed by atoms with van der Waals surface area (Å²) in [5.74, 6) is 0.340. The third kappa shape index (κ3) is 6.73. The topological polar surface area (TPSA) is 40.6 Å². The molecule has 3 rings (SSSR count). The second-order valence-electron chi connectivity index (χ2n) is 8.92. The Morgan fingerprint density at radius 2 is 1.53 bits per heavy atom. The summed E-state index contributed by atoms with van der Waals surface area (Å²) >= 11 is 12.3. The van der Waals surface area contributed by atoms with E-state index in [0.717, 1.165) is 43.4 Å². The minimum absolute atomic E-state index is 0.0960. The van der Waals surface area contributed by atoms with Crippen LogP contribution in [0.4, 0.5) is 5.69 Å². The molecule has 0 aliphatic carbocycles. The Morgan fingerprint density at radius 3 is 2.22 bits per heavy atom. The molecule has 32 heavy (non-hydrogen) atoms. The molecule has 172 valence electrons. The number of carbonyl (C=O) groups excluding carboxylic acids is 2. The number of amides is 2. The number of carbonyl (C=O) groups is 2. The zero-order valence-corrected chi connectivity index (χ0v) is 20.5. The van der Waals surface area contributed by atoms with E-state index in [1.807, 2.05) is 34.1 Å². The summed E-state index contributed by atoms with van der Waals surface area (Å²) in [5.41, 5.74) is 2.37. The Hall–Kier alpha value is -2.04. The number of hydrogen-bond acceptors (Lipinski definition) is 2. The maximum absolute atomic E-state index is 13.4. The minimum Gasteiger partial charge on any atom is -0.334 e. The van der Waals surface area contributed by atoms with Gasteiger partial charge in [-0.1, -0.05) is 74.5 Å². The molecule has 2 aromatic carbocycles. The van der Waals surface area contributed by atoms with E-state index in [0.29, 0.717) is 47.6 Å². The van der Waals surface area contributed by atoms with Gasteiger partial charge in [-0.2, -0.15) is 0 Å². The van der Waals surface area contributed by atoms with Crippen LogP contribution in [0, 0.1) is 5.92 Å². The van der Waals surface area contributed by atoms with E-state index >= 15 is 0 Å². The number of halogens is 2. The van der Waals surface area contributed by atoms with Crippen LogP contribution < -0.4 is 4.90 Å². The molecular weight excluding hydrogens is 443 g/mol. The number of para-hydroxylation sites is 1. The van der Waals surface area contributed by atoms with E-state index in [1.54, 1.807) is 18.2 Å². The highest BCUT2D eigenvalue weighted by atomic mass is 35.5. The first-order valence-corrected chi connectivity index (χ1v) is 12.2. The fourth-order valence-corrected chi connectivity index (χ4v) is 4.69. The molecule has 6 heteroatoms. The van der Waals surface area contributed by atoms with E-state index < -0.39 is 0 Å². The fraction of sp³-hybridized carbons (Fsp3) is 0.462. The van der Waals surface area contributed by atoms with Gasteiger partial charge in [-0.25, -0.2) is 0 Å². The predicted molar refractivity (Wildman–Crippen MR) is 133 cm³/mol. The smallest absolute Gasteiger partial charge is 0.254 e. The molecule has 0 radical (unpaired) electrons. The monoisotopic (exact) mass is 474 g/mol. The van der Waals surface area contributed by atoms with E-state index in [-0.39, 0.29) is 11.8 Å². The first kappa shape index (κ1) is 24.6. The van der Waals surface area contributed by atoms with Crippen molar-refractivity contribution in [3.8, 4) is 0 Å². The average Bonchev–Trinajstić information content (AvgIpc) is 2.72. The summed E-state index contributed by atoms with van der Waals surface area (Å²) in [7, 11) is 0. The number of fused-ring (bicyclic) bond motifs is 1. The normalized spacial score (nSPS) is 15.7. The Bertz CT molecular complexity index is 925. The molecule has 0 fully saturated rings. The second kappa shape index (κ2) is 11.7. The average molecular weight is 475 g/mol. The Kier molecular flexibility index (Phi) is 9.01. The lowest BCUT2D eigenvalue weighted by Gasteiger charge is -2.30. The fourth-order valence-electron chi connectivity index (χ4n) is 4.17. The Labute approximate surface area is 201 Å². The molecule has 1 aliphatic heterocycles. The molecule has 0 aromatic heterocycles. The molecule has 1 aliphatic rings. The van der Waals surface area contributed by atoms with Crippen LogP contribution in [0.2, 0.25) is 10.0 Å². The summed E-state index contributed by atoms with van der Waals surface area (Å²) < 4.78 is 0.